The lowest BCUT2D eigenvalue weighted by atomic mass is 10.1. The van der Waals surface area contributed by atoms with E-state index >= 15 is 0 Å². The molecule has 0 radical (unpaired) electrons. The molecule has 0 aliphatic rings. The van der Waals surface area contributed by atoms with Crippen LogP contribution in [0.5, 0.6) is 0 Å². The summed E-state index contributed by atoms with van der Waals surface area (Å²) >= 11 is 3.41. The number of hydrogen-bond donors (Lipinski definition) is 1. The van der Waals surface area contributed by atoms with Crippen molar-refractivity contribution in [2.75, 3.05) is 0 Å². The van der Waals surface area contributed by atoms with E-state index in [4.69, 9.17) is 5.73 Å². The molecule has 1 heterocycles. The van der Waals surface area contributed by atoms with E-state index < -0.39 is 5.91 Å². The second-order valence-corrected chi connectivity index (χ2v) is 6.25. The Hall–Kier alpha value is -2.47. The van der Waals surface area contributed by atoms with Gasteiger partial charge in [-0.05, 0) is 43.2 Å². The number of aryl methyl sites for hydroxylation is 2. The van der Waals surface area contributed by atoms with Crippen molar-refractivity contribution in [1.29, 1.82) is 0 Å². The Kier molecular flexibility index (Phi) is 4.00. The Bertz CT molecular complexity index is 884. The molecule has 0 fully saturated rings. The first-order valence-electron chi connectivity index (χ1n) is 7.06. The summed E-state index contributed by atoms with van der Waals surface area (Å²) < 4.78 is 2.64. The molecule has 1 aromatic heterocycles. The van der Waals surface area contributed by atoms with Crippen LogP contribution >= 0.6 is 15.9 Å². The maximum atomic E-state index is 11.5. The van der Waals surface area contributed by atoms with E-state index in [1.807, 2.05) is 56.3 Å². The summed E-state index contributed by atoms with van der Waals surface area (Å²) in [6.07, 6.45) is 0. The van der Waals surface area contributed by atoms with Gasteiger partial charge in [-0.3, -0.25) is 4.79 Å². The fourth-order valence-electron chi connectivity index (χ4n) is 2.32. The lowest BCUT2D eigenvalue weighted by molar-refractivity contribution is 0.0990. The average molecular weight is 371 g/mol. The zero-order chi connectivity index (χ0) is 16.6. The van der Waals surface area contributed by atoms with Crippen LogP contribution in [-0.4, -0.2) is 20.7 Å². The molecular weight excluding hydrogens is 356 g/mol. The van der Waals surface area contributed by atoms with E-state index in [-0.39, 0.29) is 5.82 Å². The summed E-state index contributed by atoms with van der Waals surface area (Å²) in [5.74, 6) is -0.0590. The van der Waals surface area contributed by atoms with Crippen LogP contribution in [0.25, 0.3) is 17.1 Å². The van der Waals surface area contributed by atoms with Gasteiger partial charge in [-0.25, -0.2) is 9.67 Å². The van der Waals surface area contributed by atoms with Crippen molar-refractivity contribution in [2.45, 2.75) is 13.8 Å². The molecule has 0 bridgehead atoms. The number of carbonyl (C=O) groups is 1. The van der Waals surface area contributed by atoms with Gasteiger partial charge in [-0.15, -0.1) is 5.10 Å². The maximum Gasteiger partial charge on any atom is 0.288 e. The van der Waals surface area contributed by atoms with Crippen LogP contribution in [0.15, 0.2) is 46.9 Å². The zero-order valence-electron chi connectivity index (χ0n) is 12.7. The Balaban J connectivity index is 2.25. The summed E-state index contributed by atoms with van der Waals surface area (Å²) in [4.78, 5) is 15.8. The van der Waals surface area contributed by atoms with Crippen LogP contribution in [0.2, 0.25) is 0 Å². The minimum atomic E-state index is -0.646. The third-order valence-electron chi connectivity index (χ3n) is 3.52. The molecule has 0 unspecified atom stereocenters. The summed E-state index contributed by atoms with van der Waals surface area (Å²) in [6.45, 7) is 4.00. The minimum absolute atomic E-state index is 0.00354. The number of rotatable bonds is 3. The highest BCUT2D eigenvalue weighted by atomic mass is 79.9. The SMILES string of the molecule is Cc1ccc(C)c(-n2nc(C(N)=O)nc2-c2ccc(Br)cc2)c1. The summed E-state index contributed by atoms with van der Waals surface area (Å²) in [5.41, 5.74) is 9.23. The molecular formula is C17H15BrN4O. The number of nitrogens with two attached hydrogens (primary N) is 1. The molecule has 116 valence electrons. The van der Waals surface area contributed by atoms with Crippen LogP contribution in [-0.2, 0) is 0 Å². The molecule has 5 nitrogen and oxygen atoms in total. The molecule has 2 N–H and O–H groups in total. The fourth-order valence-corrected chi connectivity index (χ4v) is 2.58. The number of benzene rings is 2. The van der Waals surface area contributed by atoms with Crippen molar-refractivity contribution in [3.63, 3.8) is 0 Å². The molecule has 2 aromatic carbocycles. The van der Waals surface area contributed by atoms with Crippen molar-refractivity contribution >= 4 is 21.8 Å². The zero-order valence-corrected chi connectivity index (χ0v) is 14.3. The van der Waals surface area contributed by atoms with Gasteiger partial charge in [-0.2, -0.15) is 0 Å². The van der Waals surface area contributed by atoms with Crippen LogP contribution in [0.3, 0.4) is 0 Å². The molecule has 0 aliphatic carbocycles. The summed E-state index contributed by atoms with van der Waals surface area (Å²) in [5, 5.41) is 4.30. The molecule has 0 aliphatic heterocycles. The number of carbonyl (C=O) groups excluding carboxylic acids is 1. The van der Waals surface area contributed by atoms with Crippen molar-refractivity contribution in [2.24, 2.45) is 5.73 Å². The van der Waals surface area contributed by atoms with Gasteiger partial charge >= 0.3 is 0 Å². The van der Waals surface area contributed by atoms with E-state index in [0.717, 1.165) is 26.9 Å². The highest BCUT2D eigenvalue weighted by molar-refractivity contribution is 9.10. The number of aromatic nitrogens is 3. The second kappa shape index (κ2) is 5.96. The van der Waals surface area contributed by atoms with Crippen molar-refractivity contribution < 1.29 is 4.79 Å². The number of amides is 1. The monoisotopic (exact) mass is 370 g/mol. The van der Waals surface area contributed by atoms with Gasteiger partial charge in [0, 0.05) is 10.0 Å². The van der Waals surface area contributed by atoms with Crippen molar-refractivity contribution in [1.82, 2.24) is 14.8 Å². The van der Waals surface area contributed by atoms with Gasteiger partial charge in [0.25, 0.3) is 5.91 Å². The number of nitrogens with zero attached hydrogens (tertiary/aromatic N) is 3. The Morgan fingerprint density at radius 2 is 1.83 bits per heavy atom. The molecule has 0 atom stereocenters. The lowest BCUT2D eigenvalue weighted by Gasteiger charge is -2.10. The number of primary amides is 1. The number of hydrogen-bond acceptors (Lipinski definition) is 3. The first-order chi connectivity index (χ1) is 11.0. The van der Waals surface area contributed by atoms with E-state index in [1.54, 1.807) is 4.68 Å². The molecule has 0 spiro atoms. The Morgan fingerprint density at radius 1 is 1.13 bits per heavy atom. The Labute approximate surface area is 142 Å². The van der Waals surface area contributed by atoms with E-state index in [9.17, 15) is 4.79 Å². The molecule has 0 saturated heterocycles. The fraction of sp³-hybridized carbons (Fsp3) is 0.118. The normalized spacial score (nSPS) is 10.7. The first-order valence-corrected chi connectivity index (χ1v) is 7.85. The topological polar surface area (TPSA) is 73.8 Å². The summed E-state index contributed by atoms with van der Waals surface area (Å²) in [7, 11) is 0. The van der Waals surface area contributed by atoms with E-state index in [2.05, 4.69) is 26.0 Å². The van der Waals surface area contributed by atoms with E-state index in [0.29, 0.717) is 5.82 Å². The van der Waals surface area contributed by atoms with Gasteiger partial charge in [0.15, 0.2) is 5.82 Å². The van der Waals surface area contributed by atoms with Crippen LogP contribution in [0.1, 0.15) is 21.7 Å². The third-order valence-corrected chi connectivity index (χ3v) is 4.05. The molecule has 1 amide bonds. The molecule has 6 heteroatoms. The molecule has 3 rings (SSSR count). The van der Waals surface area contributed by atoms with Gasteiger partial charge in [0.1, 0.15) is 0 Å². The highest BCUT2D eigenvalue weighted by Gasteiger charge is 2.18. The minimum Gasteiger partial charge on any atom is -0.363 e. The van der Waals surface area contributed by atoms with Crippen molar-refractivity contribution in [3.8, 4) is 17.1 Å². The summed E-state index contributed by atoms with van der Waals surface area (Å²) in [6, 6.07) is 13.7. The van der Waals surface area contributed by atoms with Crippen molar-refractivity contribution in [3.05, 3.63) is 63.9 Å². The standard InChI is InChI=1S/C17H15BrN4O/c1-10-3-4-11(2)14(9-10)22-17(20-16(21-22)15(19)23)12-5-7-13(18)8-6-12/h3-9H,1-2H3,(H2,19,23). The predicted molar refractivity (Wildman–Crippen MR) is 92.5 cm³/mol. The predicted octanol–water partition coefficient (Wildman–Crippen LogP) is 3.41. The number of halogens is 1. The first kappa shape index (κ1) is 15.4. The second-order valence-electron chi connectivity index (χ2n) is 5.33. The smallest absolute Gasteiger partial charge is 0.288 e. The third kappa shape index (κ3) is 3.03. The average Bonchev–Trinajstić information content (AvgIpc) is 2.96. The molecule has 23 heavy (non-hydrogen) atoms. The largest absolute Gasteiger partial charge is 0.363 e. The van der Waals surface area contributed by atoms with Gasteiger partial charge in [0.05, 0.1) is 5.69 Å². The van der Waals surface area contributed by atoms with Gasteiger partial charge < -0.3 is 5.73 Å². The maximum absolute atomic E-state index is 11.5. The van der Waals surface area contributed by atoms with Gasteiger partial charge in [0.2, 0.25) is 5.82 Å². The highest BCUT2D eigenvalue weighted by Crippen LogP contribution is 2.25. The van der Waals surface area contributed by atoms with Crippen LogP contribution in [0.4, 0.5) is 0 Å². The van der Waals surface area contributed by atoms with E-state index in [1.165, 1.54) is 0 Å². The quantitative estimate of drug-likeness (QED) is 0.767. The van der Waals surface area contributed by atoms with Gasteiger partial charge in [-0.1, -0.05) is 40.2 Å². The Morgan fingerprint density at radius 3 is 2.48 bits per heavy atom. The van der Waals surface area contributed by atoms with Crippen LogP contribution < -0.4 is 5.73 Å². The van der Waals surface area contributed by atoms with Crippen LogP contribution in [0, 0.1) is 13.8 Å². The lowest BCUT2D eigenvalue weighted by Crippen LogP contribution is -2.13. The molecule has 3 aromatic rings. The molecule has 0 saturated carbocycles.